The summed E-state index contributed by atoms with van der Waals surface area (Å²) in [7, 11) is 0. The van der Waals surface area contributed by atoms with Crippen molar-refractivity contribution in [2.24, 2.45) is 0 Å². The van der Waals surface area contributed by atoms with Gasteiger partial charge in [0.2, 0.25) is 5.91 Å². The van der Waals surface area contributed by atoms with Crippen LogP contribution in [0.4, 0.5) is 13.2 Å². The van der Waals surface area contributed by atoms with E-state index in [9.17, 15) is 18.0 Å². The van der Waals surface area contributed by atoms with Crippen LogP contribution in [0.5, 0.6) is 0 Å². The molecule has 0 radical (unpaired) electrons. The number of amides is 1. The molecule has 0 spiro atoms. The van der Waals surface area contributed by atoms with Gasteiger partial charge in [-0.3, -0.25) is 9.36 Å². The molecule has 0 aliphatic heterocycles. The van der Waals surface area contributed by atoms with Crippen molar-refractivity contribution in [2.75, 3.05) is 12.3 Å². The van der Waals surface area contributed by atoms with Gasteiger partial charge in [0.05, 0.1) is 5.75 Å². The molecule has 1 unspecified atom stereocenters. The minimum Gasteiger partial charge on any atom is -0.346 e. The molecule has 1 amide bonds. The van der Waals surface area contributed by atoms with Crippen LogP contribution in [0.3, 0.4) is 0 Å². The van der Waals surface area contributed by atoms with Gasteiger partial charge >= 0.3 is 6.18 Å². The van der Waals surface area contributed by atoms with Crippen LogP contribution in [0, 0.1) is 0 Å². The molecule has 2 rings (SSSR count). The third-order valence-electron chi connectivity index (χ3n) is 3.55. The lowest BCUT2D eigenvalue weighted by molar-refractivity contribution is -0.136. The van der Waals surface area contributed by atoms with E-state index in [4.69, 9.17) is 0 Å². The molecule has 1 heterocycles. The molecule has 0 fully saturated rings. The second kappa shape index (κ2) is 8.37. The van der Waals surface area contributed by atoms with E-state index in [0.717, 1.165) is 23.7 Å². The third-order valence-corrected chi connectivity index (χ3v) is 4.49. The van der Waals surface area contributed by atoms with Gasteiger partial charge in [0.15, 0.2) is 11.0 Å². The van der Waals surface area contributed by atoms with Crippen LogP contribution in [0.1, 0.15) is 26.3 Å². The molecule has 0 aliphatic carbocycles. The molecule has 2 aromatic rings. The van der Waals surface area contributed by atoms with Crippen LogP contribution >= 0.6 is 11.8 Å². The number of alkyl halides is 3. The van der Waals surface area contributed by atoms with Crippen LogP contribution in [-0.2, 0) is 4.79 Å². The van der Waals surface area contributed by atoms with E-state index in [1.54, 1.807) is 0 Å². The number of benzene rings is 1. The highest BCUT2D eigenvalue weighted by Gasteiger charge is 2.28. The molecular formula is C16H19F3N4OS. The third kappa shape index (κ3) is 5.48. The molecule has 1 atom stereocenters. The smallest absolute Gasteiger partial charge is 0.346 e. The number of hydrogen-bond donors (Lipinski definition) is 1. The predicted molar refractivity (Wildman–Crippen MR) is 90.2 cm³/mol. The SMILES string of the molecule is CCC(C)n1c(SCC(=O)NCC(F)(F)F)nnc1-c1ccccc1. The molecule has 1 aromatic carbocycles. The standard InChI is InChI=1S/C16H19F3N4OS/c1-3-11(2)23-14(12-7-5-4-6-8-12)21-22-15(23)25-9-13(24)20-10-16(17,18)19/h4-8,11H,3,9-10H2,1-2H3,(H,20,24). The number of nitrogens with zero attached hydrogens (tertiary/aromatic N) is 3. The van der Waals surface area contributed by atoms with Gasteiger partial charge in [-0.15, -0.1) is 10.2 Å². The lowest BCUT2D eigenvalue weighted by Gasteiger charge is -2.16. The Morgan fingerprint density at radius 2 is 1.96 bits per heavy atom. The lowest BCUT2D eigenvalue weighted by atomic mass is 10.2. The molecule has 5 nitrogen and oxygen atoms in total. The van der Waals surface area contributed by atoms with Gasteiger partial charge in [-0.25, -0.2) is 0 Å². The van der Waals surface area contributed by atoms with Gasteiger partial charge in [0, 0.05) is 11.6 Å². The summed E-state index contributed by atoms with van der Waals surface area (Å²) in [6, 6.07) is 9.59. The summed E-state index contributed by atoms with van der Waals surface area (Å²) < 4.78 is 38.3. The first kappa shape index (κ1) is 19.3. The average molecular weight is 372 g/mol. The molecule has 0 saturated carbocycles. The molecule has 0 bridgehead atoms. The summed E-state index contributed by atoms with van der Waals surface area (Å²) >= 11 is 1.07. The van der Waals surface area contributed by atoms with Gasteiger partial charge in [-0.1, -0.05) is 49.0 Å². The Kier molecular flexibility index (Phi) is 6.46. The summed E-state index contributed by atoms with van der Waals surface area (Å²) in [5, 5.41) is 10.7. The fraction of sp³-hybridized carbons (Fsp3) is 0.438. The molecular weight excluding hydrogens is 353 g/mol. The van der Waals surface area contributed by atoms with Crippen molar-refractivity contribution in [3.05, 3.63) is 30.3 Å². The first-order chi connectivity index (χ1) is 11.8. The average Bonchev–Trinajstić information content (AvgIpc) is 3.01. The monoisotopic (exact) mass is 372 g/mol. The van der Waals surface area contributed by atoms with Crippen molar-refractivity contribution < 1.29 is 18.0 Å². The number of carbonyl (C=O) groups excluding carboxylic acids is 1. The minimum absolute atomic E-state index is 0.0888. The number of halogens is 3. The van der Waals surface area contributed by atoms with Crippen molar-refractivity contribution in [3.8, 4) is 11.4 Å². The molecule has 1 N–H and O–H groups in total. The molecule has 25 heavy (non-hydrogen) atoms. The number of aromatic nitrogens is 3. The van der Waals surface area contributed by atoms with E-state index >= 15 is 0 Å². The van der Waals surface area contributed by atoms with E-state index in [2.05, 4.69) is 10.2 Å². The maximum atomic E-state index is 12.1. The van der Waals surface area contributed by atoms with Crippen molar-refractivity contribution in [2.45, 2.75) is 37.6 Å². The molecule has 136 valence electrons. The minimum atomic E-state index is -4.42. The zero-order valence-electron chi connectivity index (χ0n) is 13.9. The van der Waals surface area contributed by atoms with Crippen molar-refractivity contribution in [1.82, 2.24) is 20.1 Å². The van der Waals surface area contributed by atoms with E-state index in [-0.39, 0.29) is 11.8 Å². The highest BCUT2D eigenvalue weighted by molar-refractivity contribution is 7.99. The van der Waals surface area contributed by atoms with Crippen LogP contribution in [0.2, 0.25) is 0 Å². The first-order valence-electron chi connectivity index (χ1n) is 7.78. The summed E-state index contributed by atoms with van der Waals surface area (Å²) in [4.78, 5) is 11.6. The molecule has 9 heteroatoms. The number of hydrogen-bond acceptors (Lipinski definition) is 4. The predicted octanol–water partition coefficient (Wildman–Crippen LogP) is 3.69. The summed E-state index contributed by atoms with van der Waals surface area (Å²) in [6.45, 7) is 2.69. The Morgan fingerprint density at radius 1 is 1.28 bits per heavy atom. The normalized spacial score (nSPS) is 12.8. The Labute approximate surface area is 148 Å². The zero-order chi connectivity index (χ0) is 18.4. The Bertz CT molecular complexity index is 703. The Morgan fingerprint density at radius 3 is 2.56 bits per heavy atom. The zero-order valence-corrected chi connectivity index (χ0v) is 14.7. The van der Waals surface area contributed by atoms with Gasteiger partial charge in [0.25, 0.3) is 0 Å². The first-order valence-corrected chi connectivity index (χ1v) is 8.77. The molecule has 0 saturated heterocycles. The van der Waals surface area contributed by atoms with Crippen LogP contribution in [0.25, 0.3) is 11.4 Å². The second-order valence-corrected chi connectivity index (χ2v) is 6.42. The number of nitrogens with one attached hydrogen (secondary N) is 1. The maximum Gasteiger partial charge on any atom is 0.405 e. The van der Waals surface area contributed by atoms with Crippen molar-refractivity contribution >= 4 is 17.7 Å². The van der Waals surface area contributed by atoms with Gasteiger partial charge in [0.1, 0.15) is 6.54 Å². The Hall–Kier alpha value is -2.03. The van der Waals surface area contributed by atoms with E-state index in [0.29, 0.717) is 11.0 Å². The number of thioether (sulfide) groups is 1. The van der Waals surface area contributed by atoms with E-state index < -0.39 is 18.6 Å². The van der Waals surface area contributed by atoms with Crippen molar-refractivity contribution in [3.63, 3.8) is 0 Å². The van der Waals surface area contributed by atoms with Crippen LogP contribution < -0.4 is 5.32 Å². The van der Waals surface area contributed by atoms with Crippen LogP contribution in [0.15, 0.2) is 35.5 Å². The van der Waals surface area contributed by atoms with E-state index in [1.165, 1.54) is 0 Å². The fourth-order valence-electron chi connectivity index (χ4n) is 2.12. The largest absolute Gasteiger partial charge is 0.405 e. The highest BCUT2D eigenvalue weighted by Crippen LogP contribution is 2.28. The van der Waals surface area contributed by atoms with Crippen LogP contribution in [-0.4, -0.2) is 39.1 Å². The second-order valence-electron chi connectivity index (χ2n) is 5.48. The highest BCUT2D eigenvalue weighted by atomic mass is 32.2. The quantitative estimate of drug-likeness (QED) is 0.753. The van der Waals surface area contributed by atoms with Gasteiger partial charge in [-0.05, 0) is 13.3 Å². The van der Waals surface area contributed by atoms with Crippen molar-refractivity contribution in [1.29, 1.82) is 0 Å². The summed E-state index contributed by atoms with van der Waals surface area (Å²) in [5.41, 5.74) is 0.892. The topological polar surface area (TPSA) is 59.8 Å². The summed E-state index contributed by atoms with van der Waals surface area (Å²) in [5.74, 6) is -0.171. The van der Waals surface area contributed by atoms with Gasteiger partial charge < -0.3 is 5.32 Å². The number of rotatable bonds is 7. The molecule has 1 aromatic heterocycles. The van der Waals surface area contributed by atoms with E-state index in [1.807, 2.05) is 54.1 Å². The lowest BCUT2D eigenvalue weighted by Crippen LogP contribution is -2.34. The Balaban J connectivity index is 2.13. The molecule has 0 aliphatic rings. The summed E-state index contributed by atoms with van der Waals surface area (Å²) in [6.07, 6.45) is -3.59. The van der Waals surface area contributed by atoms with Gasteiger partial charge in [-0.2, -0.15) is 13.2 Å². The fourth-order valence-corrected chi connectivity index (χ4v) is 2.99. The number of carbonyl (C=O) groups is 1. The maximum absolute atomic E-state index is 12.1.